The van der Waals surface area contributed by atoms with E-state index >= 15 is 0 Å². The van der Waals surface area contributed by atoms with Crippen LogP contribution in [-0.2, 0) is 11.2 Å². The van der Waals surface area contributed by atoms with Gasteiger partial charge in [0.2, 0.25) is 0 Å². The first kappa shape index (κ1) is 22.3. The van der Waals surface area contributed by atoms with Crippen LogP contribution in [0.1, 0.15) is 16.7 Å². The minimum absolute atomic E-state index is 0.136. The first-order chi connectivity index (χ1) is 14.3. The Balaban J connectivity index is 0.000000171. The van der Waals surface area contributed by atoms with Crippen molar-refractivity contribution >= 4 is 77.5 Å². The van der Waals surface area contributed by atoms with E-state index in [-0.39, 0.29) is 34.3 Å². The number of benzene rings is 2. The molecule has 1 aliphatic rings. The van der Waals surface area contributed by atoms with E-state index in [1.165, 1.54) is 0 Å². The number of aromatic nitrogens is 1. The highest BCUT2D eigenvalue weighted by Gasteiger charge is 2.25. The molecule has 0 unspecified atom stereocenters. The number of fused-ring (bicyclic) bond motifs is 2. The molecule has 148 valence electrons. The van der Waals surface area contributed by atoms with Crippen LogP contribution in [-0.4, -0.2) is 15.9 Å². The Morgan fingerprint density at radius 3 is 2.37 bits per heavy atom. The van der Waals surface area contributed by atoms with Gasteiger partial charge in [0.1, 0.15) is 34.2 Å². The maximum absolute atomic E-state index is 11.4. The Bertz CT molecular complexity index is 1320. The van der Waals surface area contributed by atoms with E-state index in [0.29, 0.717) is 21.5 Å². The van der Waals surface area contributed by atoms with Crippen LogP contribution < -0.4 is 0 Å². The number of allylic oxidation sites excluding steroid dienone is 1. The zero-order chi connectivity index (χ0) is 22.0. The van der Waals surface area contributed by atoms with Crippen molar-refractivity contribution < 1.29 is 9.90 Å². The highest BCUT2D eigenvalue weighted by Crippen LogP contribution is 2.32. The third-order valence-electron chi connectivity index (χ3n) is 4.26. The molecule has 5 nitrogen and oxygen atoms in total. The third-order valence-corrected chi connectivity index (χ3v) is 5.91. The summed E-state index contributed by atoms with van der Waals surface area (Å²) in [6, 6.07) is 14.4. The van der Waals surface area contributed by atoms with E-state index < -0.39 is 0 Å². The summed E-state index contributed by atoms with van der Waals surface area (Å²) in [4.78, 5) is 15.5. The lowest BCUT2D eigenvalue weighted by Crippen LogP contribution is -2.14. The van der Waals surface area contributed by atoms with Gasteiger partial charge in [0.15, 0.2) is 5.78 Å². The second-order valence-corrected chi connectivity index (χ2v) is 8.67. The summed E-state index contributed by atoms with van der Waals surface area (Å²) < 4.78 is 1.68. The van der Waals surface area contributed by atoms with E-state index in [2.05, 4.69) is 36.8 Å². The highest BCUT2D eigenvalue weighted by molar-refractivity contribution is 9.10. The van der Waals surface area contributed by atoms with Crippen LogP contribution in [0.25, 0.3) is 16.7 Å². The topological polar surface area (TPSA) is 97.8 Å². The highest BCUT2D eigenvalue weighted by atomic mass is 79.9. The number of carbonyl (C=O) groups is 1. The molecule has 0 fully saturated rings. The number of Topliss-reactive ketones (excluding diaryl/α,β-unsaturated/α-hetero) is 1. The average molecular weight is 566 g/mol. The standard InChI is InChI=1S/C11H6BrNO2.C10H3BrCl2N2/c12-7-2-1-6-3-10(14)9(5-13)11(15)8(6)4-7;11-5-1-2-8-6(3-5)9(12)7(4-14)10(13)15-8/h1-2,4,15H,3H2;1-3H. The van der Waals surface area contributed by atoms with Crippen LogP contribution in [0.2, 0.25) is 10.2 Å². The zero-order valence-electron chi connectivity index (χ0n) is 14.9. The van der Waals surface area contributed by atoms with Gasteiger partial charge in [-0.25, -0.2) is 4.98 Å². The van der Waals surface area contributed by atoms with Crippen LogP contribution >= 0.6 is 55.1 Å². The van der Waals surface area contributed by atoms with Crippen molar-refractivity contribution in [2.75, 3.05) is 0 Å². The molecule has 2 aromatic carbocycles. The molecule has 3 aromatic rings. The molecule has 0 atom stereocenters. The Labute approximate surface area is 198 Å². The van der Waals surface area contributed by atoms with Gasteiger partial charge in [0, 0.05) is 26.3 Å². The van der Waals surface area contributed by atoms with Gasteiger partial charge < -0.3 is 5.11 Å². The quantitative estimate of drug-likeness (QED) is 0.312. The van der Waals surface area contributed by atoms with Crippen molar-refractivity contribution in [1.29, 1.82) is 10.5 Å². The fourth-order valence-corrected chi connectivity index (χ4v) is 4.11. The van der Waals surface area contributed by atoms with Crippen LogP contribution in [0.5, 0.6) is 0 Å². The van der Waals surface area contributed by atoms with Crippen molar-refractivity contribution in [1.82, 2.24) is 4.98 Å². The number of ketones is 1. The predicted octanol–water partition coefficient (Wildman–Crippen LogP) is 6.54. The molecular weight excluding hydrogens is 557 g/mol. The number of hydrogen-bond donors (Lipinski definition) is 1. The minimum Gasteiger partial charge on any atom is -0.506 e. The molecule has 0 saturated carbocycles. The molecule has 30 heavy (non-hydrogen) atoms. The molecule has 0 saturated heterocycles. The zero-order valence-corrected chi connectivity index (χ0v) is 19.6. The van der Waals surface area contributed by atoms with Crippen LogP contribution in [0.3, 0.4) is 0 Å². The fourth-order valence-electron chi connectivity index (χ4n) is 2.83. The molecule has 1 aromatic heterocycles. The number of aliphatic hydroxyl groups excluding tert-OH is 1. The third kappa shape index (κ3) is 4.35. The maximum atomic E-state index is 11.4. The number of nitrogens with zero attached hydrogens (tertiary/aromatic N) is 3. The van der Waals surface area contributed by atoms with E-state index in [1.807, 2.05) is 18.2 Å². The second kappa shape index (κ2) is 9.16. The number of pyridine rings is 1. The van der Waals surface area contributed by atoms with E-state index in [9.17, 15) is 9.90 Å². The monoisotopic (exact) mass is 563 g/mol. The molecule has 9 heteroatoms. The van der Waals surface area contributed by atoms with Gasteiger partial charge in [-0.15, -0.1) is 0 Å². The Kier molecular flexibility index (Phi) is 6.80. The van der Waals surface area contributed by atoms with Crippen LogP contribution in [0.4, 0.5) is 0 Å². The number of hydrogen-bond acceptors (Lipinski definition) is 5. The Morgan fingerprint density at radius 2 is 1.70 bits per heavy atom. The van der Waals surface area contributed by atoms with Gasteiger partial charge in [-0.1, -0.05) is 61.1 Å². The Morgan fingerprint density at radius 1 is 1.03 bits per heavy atom. The van der Waals surface area contributed by atoms with Gasteiger partial charge in [0.25, 0.3) is 0 Å². The van der Waals surface area contributed by atoms with Crippen LogP contribution in [0, 0.1) is 22.7 Å². The summed E-state index contributed by atoms with van der Waals surface area (Å²) in [7, 11) is 0. The molecule has 0 bridgehead atoms. The van der Waals surface area contributed by atoms with Crippen molar-refractivity contribution in [2.45, 2.75) is 6.42 Å². The van der Waals surface area contributed by atoms with Crippen molar-refractivity contribution in [2.24, 2.45) is 0 Å². The summed E-state index contributed by atoms with van der Waals surface area (Å²) >= 11 is 18.5. The normalized spacial score (nSPS) is 12.5. The molecular formula is C21H9Br2Cl2N3O2. The predicted molar refractivity (Wildman–Crippen MR) is 122 cm³/mol. The van der Waals surface area contributed by atoms with Gasteiger partial charge in [-0.05, 0) is 35.9 Å². The van der Waals surface area contributed by atoms with Crippen LogP contribution in [0.15, 0.2) is 50.9 Å². The smallest absolute Gasteiger partial charge is 0.181 e. The van der Waals surface area contributed by atoms with Crippen molar-refractivity contribution in [3.05, 3.63) is 77.8 Å². The average Bonchev–Trinajstić information content (AvgIpc) is 2.70. The van der Waals surface area contributed by atoms with Gasteiger partial charge in [-0.2, -0.15) is 10.5 Å². The molecule has 0 radical (unpaired) electrons. The van der Waals surface area contributed by atoms with Gasteiger partial charge in [0.05, 0.1) is 10.5 Å². The minimum atomic E-state index is -0.329. The number of carbonyl (C=O) groups excluding carboxylic acids is 1. The first-order valence-electron chi connectivity index (χ1n) is 8.26. The SMILES string of the molecule is N#CC1=C(O)c2cc(Br)ccc2CC1=O.N#Cc1c(Cl)nc2ccc(Br)cc2c1Cl. The maximum Gasteiger partial charge on any atom is 0.181 e. The number of aliphatic hydroxyl groups is 1. The van der Waals surface area contributed by atoms with Gasteiger partial charge in [-0.3, -0.25) is 4.79 Å². The number of halogens is 4. The lowest BCUT2D eigenvalue weighted by Gasteiger charge is -2.15. The Hall–Kier alpha value is -2.42. The fraction of sp³-hybridized carbons (Fsp3) is 0.0476. The molecule has 1 aliphatic carbocycles. The summed E-state index contributed by atoms with van der Waals surface area (Å²) in [5.74, 6) is -0.546. The molecule has 0 amide bonds. The summed E-state index contributed by atoms with van der Waals surface area (Å²) in [6.07, 6.45) is 0.176. The molecule has 1 heterocycles. The lowest BCUT2D eigenvalue weighted by atomic mass is 9.90. The molecule has 0 spiro atoms. The molecule has 4 rings (SSSR count). The lowest BCUT2D eigenvalue weighted by molar-refractivity contribution is -0.114. The first-order valence-corrected chi connectivity index (χ1v) is 10.6. The largest absolute Gasteiger partial charge is 0.506 e. The molecule has 1 N–H and O–H groups in total. The second-order valence-electron chi connectivity index (χ2n) is 6.10. The molecule has 0 aliphatic heterocycles. The van der Waals surface area contributed by atoms with Gasteiger partial charge >= 0.3 is 0 Å². The summed E-state index contributed by atoms with van der Waals surface area (Å²) in [5, 5.41) is 28.5. The van der Waals surface area contributed by atoms with E-state index in [0.717, 1.165) is 14.5 Å². The van der Waals surface area contributed by atoms with Crippen molar-refractivity contribution in [3.8, 4) is 12.1 Å². The summed E-state index contributed by atoms with van der Waals surface area (Å²) in [6.45, 7) is 0. The summed E-state index contributed by atoms with van der Waals surface area (Å²) in [5.41, 5.74) is 2.04. The van der Waals surface area contributed by atoms with E-state index in [4.69, 9.17) is 33.7 Å². The van der Waals surface area contributed by atoms with Crippen molar-refractivity contribution in [3.63, 3.8) is 0 Å². The number of nitriles is 2. The van der Waals surface area contributed by atoms with E-state index in [1.54, 1.807) is 30.3 Å². The number of rotatable bonds is 0.